The number of aromatic nitrogens is 4. The highest BCUT2D eigenvalue weighted by Crippen LogP contribution is 2.43. The second kappa shape index (κ2) is 10.3. The molecule has 0 fully saturated rings. The van der Waals surface area contributed by atoms with Crippen LogP contribution >= 0.6 is 0 Å². The lowest BCUT2D eigenvalue weighted by molar-refractivity contribution is -0.121. The second-order valence-corrected chi connectivity index (χ2v) is 9.09. The Morgan fingerprint density at radius 3 is 2.33 bits per heavy atom. The van der Waals surface area contributed by atoms with Gasteiger partial charge in [-0.05, 0) is 46.5 Å². The maximum Gasteiger partial charge on any atom is 0.358 e. The number of carbonyl (C=O) groups excluding carboxylic acids is 1. The number of aromatic carboxylic acids is 1. The van der Waals surface area contributed by atoms with Gasteiger partial charge in [0.25, 0.3) is 0 Å². The van der Waals surface area contributed by atoms with E-state index in [-0.39, 0.29) is 30.7 Å². The first kappa shape index (κ1) is 24.1. The summed E-state index contributed by atoms with van der Waals surface area (Å²) in [6, 6.07) is 24.5. The molecule has 0 atom stereocenters. The number of ether oxygens (including phenoxy) is 1. The van der Waals surface area contributed by atoms with Gasteiger partial charge < -0.3 is 19.7 Å². The summed E-state index contributed by atoms with van der Waals surface area (Å²) in [5, 5.41) is 23.9. The topological polar surface area (TPSA) is 132 Å². The van der Waals surface area contributed by atoms with Crippen molar-refractivity contribution in [2.45, 2.75) is 25.6 Å². The van der Waals surface area contributed by atoms with E-state index in [1.54, 1.807) is 35.1 Å². The predicted molar refractivity (Wildman–Crippen MR) is 140 cm³/mol. The fourth-order valence-corrected chi connectivity index (χ4v) is 4.66. The molecule has 0 saturated carbocycles. The molecule has 2 N–H and O–H groups in total. The molecule has 5 aromatic rings. The molecule has 1 aliphatic carbocycles. The third-order valence-electron chi connectivity index (χ3n) is 6.55. The van der Waals surface area contributed by atoms with Gasteiger partial charge in [0.15, 0.2) is 11.5 Å². The molecule has 1 aliphatic rings. The summed E-state index contributed by atoms with van der Waals surface area (Å²) >= 11 is 0. The highest BCUT2D eigenvalue weighted by Gasteiger charge is 2.29. The molecule has 0 aliphatic heterocycles. The summed E-state index contributed by atoms with van der Waals surface area (Å²) in [7, 11) is 0. The van der Waals surface area contributed by atoms with Crippen LogP contribution in [0.2, 0.25) is 0 Å². The minimum Gasteiger partial charge on any atom is -0.487 e. The molecule has 0 spiro atoms. The SMILES string of the molecule is O=C(CCn1cc(COc2ccc(-c3cc(C(=O)O)no3)cc2)nn1)NC1c2ccccc2-c2ccccc21. The van der Waals surface area contributed by atoms with Gasteiger partial charge in [-0.1, -0.05) is 58.9 Å². The van der Waals surface area contributed by atoms with E-state index in [0.717, 1.165) is 22.3 Å². The average molecular weight is 522 g/mol. The Kier molecular flexibility index (Phi) is 6.34. The molecule has 6 rings (SSSR count). The maximum atomic E-state index is 12.8. The molecular formula is C29H23N5O5. The minimum atomic E-state index is -1.15. The number of carboxylic acids is 1. The summed E-state index contributed by atoms with van der Waals surface area (Å²) in [4.78, 5) is 23.8. The minimum absolute atomic E-state index is 0.0675. The third-order valence-corrected chi connectivity index (χ3v) is 6.55. The van der Waals surface area contributed by atoms with Crippen LogP contribution in [0.25, 0.3) is 22.5 Å². The van der Waals surface area contributed by atoms with Gasteiger partial charge in [-0.15, -0.1) is 5.10 Å². The number of carboxylic acid groups (broad SMARTS) is 1. The smallest absolute Gasteiger partial charge is 0.358 e. The molecule has 3 aromatic carbocycles. The van der Waals surface area contributed by atoms with E-state index in [2.05, 4.69) is 45.1 Å². The van der Waals surface area contributed by atoms with E-state index in [1.807, 2.05) is 24.3 Å². The number of carbonyl (C=O) groups is 2. The fourth-order valence-electron chi connectivity index (χ4n) is 4.66. The van der Waals surface area contributed by atoms with Crippen LogP contribution in [0.3, 0.4) is 0 Å². The summed E-state index contributed by atoms with van der Waals surface area (Å²) in [6.07, 6.45) is 2.01. The highest BCUT2D eigenvalue weighted by atomic mass is 16.5. The molecule has 10 nitrogen and oxygen atoms in total. The summed E-state index contributed by atoms with van der Waals surface area (Å²) in [6.45, 7) is 0.589. The van der Waals surface area contributed by atoms with Crippen LogP contribution in [-0.4, -0.2) is 37.1 Å². The first-order valence-corrected chi connectivity index (χ1v) is 12.3. The Morgan fingerprint density at radius 2 is 1.67 bits per heavy atom. The number of fused-ring (bicyclic) bond motifs is 3. The fraction of sp³-hybridized carbons (Fsp3) is 0.138. The largest absolute Gasteiger partial charge is 0.487 e. The van der Waals surface area contributed by atoms with Crippen LogP contribution in [0, 0.1) is 0 Å². The van der Waals surface area contributed by atoms with Gasteiger partial charge >= 0.3 is 5.97 Å². The highest BCUT2D eigenvalue weighted by molar-refractivity contribution is 5.86. The van der Waals surface area contributed by atoms with Crippen molar-refractivity contribution in [3.8, 4) is 28.2 Å². The van der Waals surface area contributed by atoms with Crippen molar-refractivity contribution < 1.29 is 24.0 Å². The van der Waals surface area contributed by atoms with Crippen LogP contribution in [0.5, 0.6) is 5.75 Å². The molecule has 1 amide bonds. The number of hydrogen-bond acceptors (Lipinski definition) is 7. The zero-order valence-corrected chi connectivity index (χ0v) is 20.7. The Bertz CT molecular complexity index is 1610. The lowest BCUT2D eigenvalue weighted by atomic mass is 10.1. The molecule has 0 radical (unpaired) electrons. The number of nitrogens with one attached hydrogen (secondary N) is 1. The number of hydrogen-bond donors (Lipinski definition) is 2. The zero-order valence-electron chi connectivity index (χ0n) is 20.7. The second-order valence-electron chi connectivity index (χ2n) is 9.09. The lowest BCUT2D eigenvalue weighted by Crippen LogP contribution is -2.28. The van der Waals surface area contributed by atoms with Gasteiger partial charge in [0.05, 0.1) is 18.8 Å². The van der Waals surface area contributed by atoms with Gasteiger partial charge in [0.2, 0.25) is 5.91 Å². The van der Waals surface area contributed by atoms with E-state index in [1.165, 1.54) is 6.07 Å². The normalized spacial score (nSPS) is 12.1. The van der Waals surface area contributed by atoms with Gasteiger partial charge in [-0.2, -0.15) is 0 Å². The van der Waals surface area contributed by atoms with Gasteiger partial charge in [-0.25, -0.2) is 4.79 Å². The van der Waals surface area contributed by atoms with Gasteiger partial charge in [0, 0.05) is 18.1 Å². The van der Waals surface area contributed by atoms with E-state index in [9.17, 15) is 9.59 Å². The van der Waals surface area contributed by atoms with E-state index in [0.29, 0.717) is 29.3 Å². The quantitative estimate of drug-likeness (QED) is 0.290. The number of rotatable bonds is 9. The van der Waals surface area contributed by atoms with Crippen LogP contribution in [0.1, 0.15) is 39.8 Å². The Hall–Kier alpha value is -5.25. The van der Waals surface area contributed by atoms with E-state index >= 15 is 0 Å². The monoisotopic (exact) mass is 521 g/mol. The van der Waals surface area contributed by atoms with Crippen LogP contribution in [-0.2, 0) is 17.9 Å². The standard InChI is InChI=1S/C29H23N5O5/c35-27(30-28-23-7-3-1-5-21(23)22-6-2-4-8-24(22)28)13-14-34-16-19(31-33-34)17-38-20-11-9-18(10-12-20)26-15-25(29(36)37)32-39-26/h1-12,15-16,28H,13-14,17H2,(H,30,35)(H,36,37). The van der Waals surface area contributed by atoms with Crippen molar-refractivity contribution in [1.29, 1.82) is 0 Å². The average Bonchev–Trinajstić information content (AvgIpc) is 3.70. The Labute approximate surface area is 222 Å². The van der Waals surface area contributed by atoms with Crippen LogP contribution in [0.4, 0.5) is 0 Å². The molecule has 39 heavy (non-hydrogen) atoms. The molecule has 2 heterocycles. The van der Waals surface area contributed by atoms with Crippen molar-refractivity contribution in [3.05, 3.63) is 108 Å². The molecule has 0 saturated heterocycles. The first-order valence-electron chi connectivity index (χ1n) is 12.3. The maximum absolute atomic E-state index is 12.8. The van der Waals surface area contributed by atoms with E-state index in [4.69, 9.17) is 14.4 Å². The van der Waals surface area contributed by atoms with E-state index < -0.39 is 5.97 Å². The number of aryl methyl sites for hydroxylation is 1. The Balaban J connectivity index is 1.02. The summed E-state index contributed by atoms with van der Waals surface area (Å²) < 4.78 is 12.5. The molecular weight excluding hydrogens is 498 g/mol. The third kappa shape index (κ3) is 4.99. The van der Waals surface area contributed by atoms with Gasteiger partial charge in [0.1, 0.15) is 18.1 Å². The van der Waals surface area contributed by atoms with Crippen molar-refractivity contribution in [2.75, 3.05) is 0 Å². The van der Waals surface area contributed by atoms with Gasteiger partial charge in [-0.3, -0.25) is 9.48 Å². The number of amides is 1. The number of benzene rings is 3. The number of nitrogens with zero attached hydrogens (tertiary/aromatic N) is 4. The molecule has 194 valence electrons. The molecule has 2 aromatic heterocycles. The van der Waals surface area contributed by atoms with Crippen molar-refractivity contribution in [2.24, 2.45) is 0 Å². The Morgan fingerprint density at radius 1 is 0.974 bits per heavy atom. The zero-order chi connectivity index (χ0) is 26.8. The van der Waals surface area contributed by atoms with Crippen molar-refractivity contribution in [3.63, 3.8) is 0 Å². The van der Waals surface area contributed by atoms with Crippen molar-refractivity contribution in [1.82, 2.24) is 25.5 Å². The van der Waals surface area contributed by atoms with Crippen molar-refractivity contribution >= 4 is 11.9 Å². The van der Waals surface area contributed by atoms with Crippen LogP contribution in [0.15, 0.2) is 89.6 Å². The van der Waals surface area contributed by atoms with Crippen LogP contribution < -0.4 is 10.1 Å². The predicted octanol–water partition coefficient (Wildman–Crippen LogP) is 4.49. The molecule has 0 unspecified atom stereocenters. The summed E-state index contributed by atoms with van der Waals surface area (Å²) in [5.41, 5.74) is 5.66. The lowest BCUT2D eigenvalue weighted by Gasteiger charge is -2.16. The first-order chi connectivity index (χ1) is 19.0. The molecule has 10 heteroatoms. The molecule has 0 bridgehead atoms. The summed E-state index contributed by atoms with van der Waals surface area (Å²) in [5.74, 6) is -0.263.